The van der Waals surface area contributed by atoms with E-state index in [2.05, 4.69) is 4.98 Å². The van der Waals surface area contributed by atoms with Gasteiger partial charge in [0.25, 0.3) is 0 Å². The Bertz CT molecular complexity index is 570. The molecular formula is C11H14N2O4S. The number of sulfone groups is 1. The summed E-state index contributed by atoms with van der Waals surface area (Å²) in [5.41, 5.74) is 0.441. The molecule has 98 valence electrons. The monoisotopic (exact) mass is 270 g/mol. The number of carbonyl (C=O) groups is 1. The van der Waals surface area contributed by atoms with Crippen LogP contribution in [0.3, 0.4) is 0 Å². The van der Waals surface area contributed by atoms with Crippen LogP contribution in [0, 0.1) is 0 Å². The number of aromatic nitrogens is 1. The maximum Gasteiger partial charge on any atom is 0.356 e. The standard InChI is InChI=1S/C11H14N2O4S/c1-8-7-18(16,17)6-5-13(8)9-3-2-4-12-10(9)11(14)15/h2-4,8H,5-7H2,1H3,(H,14,15). The third-order valence-corrected chi connectivity index (χ3v) is 4.76. The first-order valence-electron chi connectivity index (χ1n) is 5.56. The molecule has 1 N–H and O–H groups in total. The van der Waals surface area contributed by atoms with Crippen LogP contribution in [0.15, 0.2) is 18.3 Å². The van der Waals surface area contributed by atoms with Crippen molar-refractivity contribution >= 4 is 21.5 Å². The number of carboxylic acid groups (broad SMARTS) is 1. The first-order valence-corrected chi connectivity index (χ1v) is 7.38. The van der Waals surface area contributed by atoms with Crippen LogP contribution in [0.4, 0.5) is 5.69 Å². The zero-order chi connectivity index (χ0) is 13.3. The van der Waals surface area contributed by atoms with Gasteiger partial charge < -0.3 is 10.0 Å². The topological polar surface area (TPSA) is 87.6 Å². The molecule has 1 aromatic rings. The van der Waals surface area contributed by atoms with Crippen LogP contribution in [-0.2, 0) is 9.84 Å². The smallest absolute Gasteiger partial charge is 0.356 e. The van der Waals surface area contributed by atoms with Gasteiger partial charge in [-0.15, -0.1) is 0 Å². The summed E-state index contributed by atoms with van der Waals surface area (Å²) in [5.74, 6) is -1.02. The van der Waals surface area contributed by atoms with Crippen molar-refractivity contribution in [2.45, 2.75) is 13.0 Å². The lowest BCUT2D eigenvalue weighted by atomic mass is 10.2. The molecule has 0 spiro atoms. The van der Waals surface area contributed by atoms with Crippen LogP contribution in [0.25, 0.3) is 0 Å². The fourth-order valence-electron chi connectivity index (χ4n) is 2.15. The molecule has 0 amide bonds. The zero-order valence-corrected chi connectivity index (χ0v) is 10.7. The SMILES string of the molecule is CC1CS(=O)(=O)CCN1c1cccnc1C(=O)O. The molecule has 7 heteroatoms. The van der Waals surface area contributed by atoms with E-state index >= 15 is 0 Å². The summed E-state index contributed by atoms with van der Waals surface area (Å²) >= 11 is 0. The van der Waals surface area contributed by atoms with E-state index in [0.29, 0.717) is 12.2 Å². The Morgan fingerprint density at radius 3 is 2.89 bits per heavy atom. The molecule has 18 heavy (non-hydrogen) atoms. The molecule has 1 aliphatic heterocycles. The van der Waals surface area contributed by atoms with Gasteiger partial charge in [0, 0.05) is 18.8 Å². The van der Waals surface area contributed by atoms with Crippen LogP contribution in [-0.4, -0.2) is 48.6 Å². The van der Waals surface area contributed by atoms with E-state index in [1.807, 2.05) is 0 Å². The number of anilines is 1. The third kappa shape index (κ3) is 2.45. The van der Waals surface area contributed by atoms with Crippen LogP contribution < -0.4 is 4.90 Å². The predicted molar refractivity (Wildman–Crippen MR) is 66.7 cm³/mol. The number of nitrogens with zero attached hydrogens (tertiary/aromatic N) is 2. The fourth-order valence-corrected chi connectivity index (χ4v) is 3.71. The molecule has 1 unspecified atom stereocenters. The normalized spacial score (nSPS) is 22.7. The van der Waals surface area contributed by atoms with Crippen LogP contribution in [0.1, 0.15) is 17.4 Å². The van der Waals surface area contributed by atoms with Gasteiger partial charge in [-0.05, 0) is 19.1 Å². The zero-order valence-electron chi connectivity index (χ0n) is 9.91. The van der Waals surface area contributed by atoms with Crippen molar-refractivity contribution in [1.29, 1.82) is 0 Å². The fraction of sp³-hybridized carbons (Fsp3) is 0.455. The highest BCUT2D eigenvalue weighted by molar-refractivity contribution is 7.91. The van der Waals surface area contributed by atoms with Gasteiger partial charge in [0.1, 0.15) is 0 Å². The van der Waals surface area contributed by atoms with Gasteiger partial charge >= 0.3 is 5.97 Å². The molecule has 6 nitrogen and oxygen atoms in total. The van der Waals surface area contributed by atoms with Crippen molar-refractivity contribution in [3.63, 3.8) is 0 Å². The van der Waals surface area contributed by atoms with Gasteiger partial charge in [0.15, 0.2) is 15.5 Å². The molecule has 1 atom stereocenters. The van der Waals surface area contributed by atoms with Crippen LogP contribution in [0.2, 0.25) is 0 Å². The van der Waals surface area contributed by atoms with E-state index in [9.17, 15) is 13.2 Å². The Labute approximate surface area is 105 Å². The van der Waals surface area contributed by atoms with Crippen molar-refractivity contribution in [2.75, 3.05) is 23.0 Å². The average Bonchev–Trinajstić information content (AvgIpc) is 2.28. The van der Waals surface area contributed by atoms with Crippen LogP contribution in [0.5, 0.6) is 0 Å². The first-order chi connectivity index (χ1) is 8.41. The van der Waals surface area contributed by atoms with Gasteiger partial charge in [-0.3, -0.25) is 0 Å². The minimum atomic E-state index is -3.02. The van der Waals surface area contributed by atoms with Gasteiger partial charge in [-0.2, -0.15) is 0 Å². The summed E-state index contributed by atoms with van der Waals surface area (Å²) in [6, 6.07) is 3.06. The summed E-state index contributed by atoms with van der Waals surface area (Å²) < 4.78 is 23.0. The van der Waals surface area contributed by atoms with Gasteiger partial charge in [0.2, 0.25) is 0 Å². The highest BCUT2D eigenvalue weighted by Crippen LogP contribution is 2.24. The number of rotatable bonds is 2. The Morgan fingerprint density at radius 1 is 1.56 bits per heavy atom. The molecule has 2 rings (SSSR count). The van der Waals surface area contributed by atoms with Crippen molar-refractivity contribution in [1.82, 2.24) is 4.98 Å². The maximum atomic E-state index is 11.5. The molecule has 0 aliphatic carbocycles. The summed E-state index contributed by atoms with van der Waals surface area (Å²) in [4.78, 5) is 16.7. The molecule has 1 aliphatic rings. The molecule has 1 fully saturated rings. The van der Waals surface area contributed by atoms with Crippen molar-refractivity contribution in [3.8, 4) is 0 Å². The summed E-state index contributed by atoms with van der Waals surface area (Å²) in [5, 5.41) is 9.08. The molecule has 0 bridgehead atoms. The summed E-state index contributed by atoms with van der Waals surface area (Å²) in [6.07, 6.45) is 1.41. The predicted octanol–water partition coefficient (Wildman–Crippen LogP) is 0.403. The van der Waals surface area contributed by atoms with Crippen molar-refractivity contribution < 1.29 is 18.3 Å². The molecule has 2 heterocycles. The maximum absolute atomic E-state index is 11.5. The molecule has 0 radical (unpaired) electrons. The second kappa shape index (κ2) is 4.56. The van der Waals surface area contributed by atoms with E-state index in [0.717, 1.165) is 0 Å². The Kier molecular flexibility index (Phi) is 3.25. The van der Waals surface area contributed by atoms with E-state index in [1.165, 1.54) is 6.20 Å². The Balaban J connectivity index is 2.36. The quantitative estimate of drug-likeness (QED) is 0.837. The van der Waals surface area contributed by atoms with E-state index in [1.54, 1.807) is 24.0 Å². The lowest BCUT2D eigenvalue weighted by Crippen LogP contribution is -2.47. The van der Waals surface area contributed by atoms with Gasteiger partial charge in [-0.25, -0.2) is 18.2 Å². The lowest BCUT2D eigenvalue weighted by molar-refractivity contribution is 0.0691. The molecule has 1 aromatic heterocycles. The number of carboxylic acids is 1. The Morgan fingerprint density at radius 2 is 2.28 bits per heavy atom. The number of hydrogen-bond acceptors (Lipinski definition) is 5. The van der Waals surface area contributed by atoms with Crippen molar-refractivity contribution in [2.24, 2.45) is 0 Å². The second-order valence-corrected chi connectivity index (χ2v) is 6.56. The van der Waals surface area contributed by atoms with Gasteiger partial charge in [-0.1, -0.05) is 0 Å². The minimum Gasteiger partial charge on any atom is -0.476 e. The second-order valence-electron chi connectivity index (χ2n) is 4.33. The third-order valence-electron chi connectivity index (χ3n) is 2.97. The molecule has 0 aromatic carbocycles. The average molecular weight is 270 g/mol. The summed E-state index contributed by atoms with van der Waals surface area (Å²) in [6.45, 7) is 2.07. The van der Waals surface area contributed by atoms with Crippen molar-refractivity contribution in [3.05, 3.63) is 24.0 Å². The lowest BCUT2D eigenvalue weighted by Gasteiger charge is -2.35. The number of aromatic carboxylic acids is 1. The van der Waals surface area contributed by atoms with E-state index < -0.39 is 15.8 Å². The Hall–Kier alpha value is -1.63. The largest absolute Gasteiger partial charge is 0.476 e. The number of hydrogen-bond donors (Lipinski definition) is 1. The van der Waals surface area contributed by atoms with E-state index in [4.69, 9.17) is 5.11 Å². The number of pyridine rings is 1. The highest BCUT2D eigenvalue weighted by atomic mass is 32.2. The van der Waals surface area contributed by atoms with E-state index in [-0.39, 0.29) is 23.2 Å². The highest BCUT2D eigenvalue weighted by Gasteiger charge is 2.30. The minimum absolute atomic E-state index is 0.0383. The van der Waals surface area contributed by atoms with Gasteiger partial charge in [0.05, 0.1) is 17.2 Å². The molecular weight excluding hydrogens is 256 g/mol. The first kappa shape index (κ1) is 12.8. The molecule has 0 saturated carbocycles. The molecule has 1 saturated heterocycles. The van der Waals surface area contributed by atoms with Crippen LogP contribution >= 0.6 is 0 Å². The summed E-state index contributed by atoms with van der Waals surface area (Å²) in [7, 11) is -3.02.